The third-order valence-electron chi connectivity index (χ3n) is 2.89. The number of thioether (sulfide) groups is 1. The fraction of sp³-hybridized carbons (Fsp3) is 0.692. The summed E-state index contributed by atoms with van der Waals surface area (Å²) in [7, 11) is 0. The zero-order chi connectivity index (χ0) is 13.5. The first-order chi connectivity index (χ1) is 9.28. The van der Waals surface area contributed by atoms with E-state index in [1.807, 2.05) is 18.0 Å². The molecule has 19 heavy (non-hydrogen) atoms. The molecule has 0 saturated carbocycles. The first-order valence-corrected chi connectivity index (χ1v) is 8.79. The molecule has 1 unspecified atom stereocenters. The van der Waals surface area contributed by atoms with E-state index in [0.29, 0.717) is 12.6 Å². The minimum atomic E-state index is 0.551. The maximum Gasteiger partial charge on any atom is 0.191 e. The van der Waals surface area contributed by atoms with Gasteiger partial charge >= 0.3 is 0 Å². The molecule has 1 fully saturated rings. The van der Waals surface area contributed by atoms with Crippen molar-refractivity contribution in [2.45, 2.75) is 39.3 Å². The number of hydrogen-bond acceptors (Lipinski definition) is 4. The van der Waals surface area contributed by atoms with Crippen LogP contribution in [-0.4, -0.2) is 35.0 Å². The highest BCUT2D eigenvalue weighted by molar-refractivity contribution is 7.99. The highest BCUT2D eigenvalue weighted by Gasteiger charge is 2.14. The number of nitrogens with zero attached hydrogens (tertiary/aromatic N) is 2. The summed E-state index contributed by atoms with van der Waals surface area (Å²) in [6, 6.07) is 0.551. The molecule has 1 saturated heterocycles. The molecule has 0 radical (unpaired) electrons. The fourth-order valence-corrected chi connectivity index (χ4v) is 3.77. The van der Waals surface area contributed by atoms with Crippen LogP contribution < -0.4 is 10.6 Å². The van der Waals surface area contributed by atoms with E-state index in [4.69, 9.17) is 0 Å². The summed E-state index contributed by atoms with van der Waals surface area (Å²) in [5, 5.41) is 7.92. The monoisotopic (exact) mass is 298 g/mol. The van der Waals surface area contributed by atoms with Crippen molar-refractivity contribution in [2.24, 2.45) is 4.99 Å². The van der Waals surface area contributed by atoms with E-state index in [2.05, 4.69) is 34.5 Å². The normalized spacial score (nSPS) is 20.3. The van der Waals surface area contributed by atoms with Gasteiger partial charge in [0.25, 0.3) is 0 Å². The molecule has 106 valence electrons. The summed E-state index contributed by atoms with van der Waals surface area (Å²) in [6.45, 7) is 5.73. The Kier molecular flexibility index (Phi) is 5.97. The topological polar surface area (TPSA) is 49.3 Å². The number of thiazole rings is 1. The van der Waals surface area contributed by atoms with Gasteiger partial charge in [-0.05, 0) is 32.4 Å². The molecule has 0 amide bonds. The molecule has 1 aliphatic rings. The zero-order valence-electron chi connectivity index (χ0n) is 11.6. The van der Waals surface area contributed by atoms with Gasteiger partial charge < -0.3 is 10.6 Å². The van der Waals surface area contributed by atoms with E-state index in [1.54, 1.807) is 11.3 Å². The van der Waals surface area contributed by atoms with Gasteiger partial charge in [0.1, 0.15) is 5.01 Å². The Morgan fingerprint density at radius 3 is 3.11 bits per heavy atom. The van der Waals surface area contributed by atoms with E-state index >= 15 is 0 Å². The van der Waals surface area contributed by atoms with Gasteiger partial charge in [-0.3, -0.25) is 0 Å². The molecule has 0 spiro atoms. The second-order valence-electron chi connectivity index (χ2n) is 4.62. The summed E-state index contributed by atoms with van der Waals surface area (Å²) in [5.41, 5.74) is 0. The number of aromatic nitrogens is 1. The molecular weight excluding hydrogens is 276 g/mol. The van der Waals surface area contributed by atoms with Crippen LogP contribution in [0, 0.1) is 6.92 Å². The lowest BCUT2D eigenvalue weighted by Gasteiger charge is -2.24. The SMILES string of the molecule is CCNC(=NCc1ncc(C)s1)NC1CCCSC1. The fourth-order valence-electron chi connectivity index (χ4n) is 1.99. The van der Waals surface area contributed by atoms with Gasteiger partial charge in [0.15, 0.2) is 5.96 Å². The van der Waals surface area contributed by atoms with E-state index in [1.165, 1.54) is 29.2 Å². The third-order valence-corrected chi connectivity index (χ3v) is 5.00. The van der Waals surface area contributed by atoms with Crippen LogP contribution in [0.2, 0.25) is 0 Å². The van der Waals surface area contributed by atoms with Crippen LogP contribution in [0.15, 0.2) is 11.2 Å². The predicted octanol–water partition coefficient (Wildman–Crippen LogP) is 2.40. The third kappa shape index (κ3) is 5.03. The molecular formula is C13H22N4S2. The van der Waals surface area contributed by atoms with Gasteiger partial charge in [0.2, 0.25) is 0 Å². The quantitative estimate of drug-likeness (QED) is 0.662. The molecule has 2 heterocycles. The maximum atomic E-state index is 4.62. The van der Waals surface area contributed by atoms with Crippen LogP contribution in [0.5, 0.6) is 0 Å². The van der Waals surface area contributed by atoms with E-state index in [9.17, 15) is 0 Å². The van der Waals surface area contributed by atoms with Crippen molar-refractivity contribution in [1.29, 1.82) is 0 Å². The molecule has 1 aromatic rings. The predicted molar refractivity (Wildman–Crippen MR) is 85.1 cm³/mol. The largest absolute Gasteiger partial charge is 0.357 e. The summed E-state index contributed by atoms with van der Waals surface area (Å²) in [6.07, 6.45) is 4.45. The molecule has 6 heteroatoms. The average Bonchev–Trinajstić information content (AvgIpc) is 2.83. The number of aryl methyl sites for hydroxylation is 1. The Labute approximate surface area is 123 Å². The van der Waals surface area contributed by atoms with Crippen LogP contribution in [-0.2, 0) is 6.54 Å². The zero-order valence-corrected chi connectivity index (χ0v) is 13.2. The van der Waals surface area contributed by atoms with Gasteiger partial charge in [0.05, 0.1) is 6.54 Å². The van der Waals surface area contributed by atoms with Crippen molar-refractivity contribution >= 4 is 29.1 Å². The van der Waals surface area contributed by atoms with Crippen LogP contribution in [0.3, 0.4) is 0 Å². The summed E-state index contributed by atoms with van der Waals surface area (Å²) >= 11 is 3.74. The molecule has 1 aromatic heterocycles. The number of guanidine groups is 1. The molecule has 1 atom stereocenters. The Morgan fingerprint density at radius 1 is 1.58 bits per heavy atom. The average molecular weight is 298 g/mol. The lowest BCUT2D eigenvalue weighted by molar-refractivity contribution is 0.582. The molecule has 0 aliphatic carbocycles. The second kappa shape index (κ2) is 7.75. The molecule has 0 bridgehead atoms. The van der Waals surface area contributed by atoms with Gasteiger partial charge in [-0.2, -0.15) is 11.8 Å². The number of aliphatic imine (C=N–C) groups is 1. The molecule has 2 N–H and O–H groups in total. The summed E-state index contributed by atoms with van der Waals surface area (Å²) in [4.78, 5) is 10.2. The van der Waals surface area contributed by atoms with E-state index < -0.39 is 0 Å². The number of nitrogens with one attached hydrogen (secondary N) is 2. The minimum absolute atomic E-state index is 0.551. The highest BCUT2D eigenvalue weighted by atomic mass is 32.2. The van der Waals surface area contributed by atoms with Crippen molar-refractivity contribution in [3.8, 4) is 0 Å². The lowest BCUT2D eigenvalue weighted by Crippen LogP contribution is -2.45. The maximum absolute atomic E-state index is 4.62. The lowest BCUT2D eigenvalue weighted by atomic mass is 10.2. The van der Waals surface area contributed by atoms with Crippen LogP contribution in [0.1, 0.15) is 29.7 Å². The molecule has 1 aliphatic heterocycles. The van der Waals surface area contributed by atoms with Gasteiger partial charge in [-0.15, -0.1) is 11.3 Å². The van der Waals surface area contributed by atoms with E-state index in [-0.39, 0.29) is 0 Å². The van der Waals surface area contributed by atoms with Gasteiger partial charge in [-0.25, -0.2) is 9.98 Å². The van der Waals surface area contributed by atoms with Crippen molar-refractivity contribution in [3.63, 3.8) is 0 Å². The smallest absolute Gasteiger partial charge is 0.191 e. The minimum Gasteiger partial charge on any atom is -0.357 e. The van der Waals surface area contributed by atoms with Crippen molar-refractivity contribution in [2.75, 3.05) is 18.1 Å². The van der Waals surface area contributed by atoms with Gasteiger partial charge in [0, 0.05) is 29.4 Å². The summed E-state index contributed by atoms with van der Waals surface area (Å²) < 4.78 is 0. The summed E-state index contributed by atoms with van der Waals surface area (Å²) in [5.74, 6) is 3.40. The highest BCUT2D eigenvalue weighted by Crippen LogP contribution is 2.17. The van der Waals surface area contributed by atoms with Crippen LogP contribution in [0.4, 0.5) is 0 Å². The standard InChI is InChI=1S/C13H22N4S2/c1-3-14-13(17-11-5-4-6-18-9-11)16-8-12-15-7-10(2)19-12/h7,11H,3-6,8-9H2,1-2H3,(H2,14,16,17). The van der Waals surface area contributed by atoms with Crippen molar-refractivity contribution < 1.29 is 0 Å². The molecule has 0 aromatic carbocycles. The van der Waals surface area contributed by atoms with E-state index in [0.717, 1.165) is 17.5 Å². The molecule has 2 rings (SSSR count). The first-order valence-electron chi connectivity index (χ1n) is 6.82. The van der Waals surface area contributed by atoms with Crippen molar-refractivity contribution in [3.05, 3.63) is 16.1 Å². The Bertz CT molecular complexity index is 411. The Balaban J connectivity index is 1.90. The first kappa shape index (κ1) is 14.7. The molecule has 4 nitrogen and oxygen atoms in total. The van der Waals surface area contributed by atoms with Crippen LogP contribution in [0.25, 0.3) is 0 Å². The number of rotatable bonds is 4. The number of hydrogen-bond donors (Lipinski definition) is 2. The van der Waals surface area contributed by atoms with Crippen LogP contribution >= 0.6 is 23.1 Å². The Morgan fingerprint density at radius 2 is 2.47 bits per heavy atom. The second-order valence-corrected chi connectivity index (χ2v) is 7.09. The van der Waals surface area contributed by atoms with Crippen molar-refractivity contribution in [1.82, 2.24) is 15.6 Å². The van der Waals surface area contributed by atoms with Gasteiger partial charge in [-0.1, -0.05) is 0 Å². The Hall–Kier alpha value is -0.750.